The van der Waals surface area contributed by atoms with E-state index in [4.69, 9.17) is 11.6 Å². The van der Waals surface area contributed by atoms with E-state index in [1.807, 2.05) is 36.1 Å². The highest BCUT2D eigenvalue weighted by molar-refractivity contribution is 6.17. The molecule has 12 heavy (non-hydrogen) atoms. The summed E-state index contributed by atoms with van der Waals surface area (Å²) in [5.74, 6) is 0.548. The number of nitrogens with zero attached hydrogens (tertiary/aromatic N) is 2. The van der Waals surface area contributed by atoms with Crippen LogP contribution < -0.4 is 0 Å². The van der Waals surface area contributed by atoms with E-state index in [-0.39, 0.29) is 0 Å². The van der Waals surface area contributed by atoms with E-state index < -0.39 is 0 Å². The van der Waals surface area contributed by atoms with Crippen LogP contribution in [0.3, 0.4) is 0 Å². The smallest absolute Gasteiger partial charge is 0.0926 e. The van der Waals surface area contributed by atoms with Crippen LogP contribution in [0.4, 0.5) is 0 Å². The van der Waals surface area contributed by atoms with Gasteiger partial charge in [0.15, 0.2) is 0 Å². The molecule has 0 radical (unpaired) electrons. The van der Waals surface area contributed by atoms with Gasteiger partial charge in [0, 0.05) is 24.5 Å². The highest BCUT2D eigenvalue weighted by Gasteiger charge is 1.98. The van der Waals surface area contributed by atoms with Crippen LogP contribution in [0.15, 0.2) is 24.4 Å². The monoisotopic (exact) mass is 180 g/mol. The predicted molar refractivity (Wildman–Crippen MR) is 50.3 cm³/mol. The van der Waals surface area contributed by atoms with Gasteiger partial charge in [0.25, 0.3) is 0 Å². The first-order valence-electron chi connectivity index (χ1n) is 3.78. The molecule has 62 valence electrons. The van der Waals surface area contributed by atoms with Gasteiger partial charge >= 0.3 is 0 Å². The van der Waals surface area contributed by atoms with Crippen molar-refractivity contribution in [2.45, 2.75) is 5.88 Å². The SMILES string of the molecule is Cn1cc2ccc(CCl)cc2n1. The zero-order valence-corrected chi connectivity index (χ0v) is 7.54. The molecule has 0 fully saturated rings. The number of hydrogen-bond acceptors (Lipinski definition) is 1. The number of hydrogen-bond donors (Lipinski definition) is 0. The highest BCUT2D eigenvalue weighted by atomic mass is 35.5. The maximum Gasteiger partial charge on any atom is 0.0926 e. The Morgan fingerprint density at radius 1 is 1.50 bits per heavy atom. The number of fused-ring (bicyclic) bond motifs is 1. The van der Waals surface area contributed by atoms with Gasteiger partial charge in [0.2, 0.25) is 0 Å². The standard InChI is InChI=1S/C9H9ClN2/c1-12-6-8-3-2-7(5-10)4-9(8)11-12/h2-4,6H,5H2,1H3. The van der Waals surface area contributed by atoms with Crippen molar-refractivity contribution in [1.29, 1.82) is 0 Å². The van der Waals surface area contributed by atoms with E-state index in [9.17, 15) is 0 Å². The number of benzene rings is 1. The lowest BCUT2D eigenvalue weighted by Gasteiger charge is -1.92. The van der Waals surface area contributed by atoms with Gasteiger partial charge in [-0.15, -0.1) is 11.6 Å². The Labute approximate surface area is 75.8 Å². The minimum absolute atomic E-state index is 0.548. The third-order valence-corrected chi connectivity index (χ3v) is 2.15. The third kappa shape index (κ3) is 1.18. The molecule has 2 aromatic rings. The number of aryl methyl sites for hydroxylation is 1. The number of aromatic nitrogens is 2. The van der Waals surface area contributed by atoms with Crippen LogP contribution in [0, 0.1) is 0 Å². The fraction of sp³-hybridized carbons (Fsp3) is 0.222. The molecule has 0 unspecified atom stereocenters. The molecule has 2 nitrogen and oxygen atoms in total. The van der Waals surface area contributed by atoms with Crippen molar-refractivity contribution in [2.75, 3.05) is 0 Å². The normalized spacial score (nSPS) is 10.8. The Balaban J connectivity index is 2.66. The molecular weight excluding hydrogens is 172 g/mol. The summed E-state index contributed by atoms with van der Waals surface area (Å²) in [5, 5.41) is 5.44. The maximum atomic E-state index is 5.70. The molecule has 1 aromatic carbocycles. The van der Waals surface area contributed by atoms with Crippen LogP contribution in [0.25, 0.3) is 10.9 Å². The molecule has 0 spiro atoms. The van der Waals surface area contributed by atoms with Crippen LogP contribution in [0.2, 0.25) is 0 Å². The Hall–Kier alpha value is -1.02. The van der Waals surface area contributed by atoms with E-state index in [1.54, 1.807) is 0 Å². The molecule has 0 saturated carbocycles. The summed E-state index contributed by atoms with van der Waals surface area (Å²) < 4.78 is 1.81. The van der Waals surface area contributed by atoms with Gasteiger partial charge in [0.1, 0.15) is 0 Å². The summed E-state index contributed by atoms with van der Waals surface area (Å²) in [4.78, 5) is 0. The fourth-order valence-electron chi connectivity index (χ4n) is 1.27. The summed E-state index contributed by atoms with van der Waals surface area (Å²) in [7, 11) is 1.92. The number of alkyl halides is 1. The Bertz CT molecular complexity index is 406. The van der Waals surface area contributed by atoms with Gasteiger partial charge < -0.3 is 0 Å². The second-order valence-electron chi connectivity index (χ2n) is 2.83. The average molecular weight is 181 g/mol. The van der Waals surface area contributed by atoms with Gasteiger partial charge in [-0.3, -0.25) is 4.68 Å². The van der Waals surface area contributed by atoms with E-state index >= 15 is 0 Å². The Morgan fingerprint density at radius 3 is 3.08 bits per heavy atom. The zero-order valence-electron chi connectivity index (χ0n) is 6.79. The average Bonchev–Trinajstić information content (AvgIpc) is 2.43. The number of rotatable bonds is 1. The van der Waals surface area contributed by atoms with Crippen molar-refractivity contribution in [3.05, 3.63) is 30.0 Å². The van der Waals surface area contributed by atoms with Crippen molar-refractivity contribution in [1.82, 2.24) is 9.78 Å². The van der Waals surface area contributed by atoms with Crippen LogP contribution >= 0.6 is 11.6 Å². The zero-order chi connectivity index (χ0) is 8.55. The second-order valence-corrected chi connectivity index (χ2v) is 3.10. The van der Waals surface area contributed by atoms with Gasteiger partial charge in [-0.2, -0.15) is 5.10 Å². The van der Waals surface area contributed by atoms with E-state index in [2.05, 4.69) is 5.10 Å². The summed E-state index contributed by atoms with van der Waals surface area (Å²) >= 11 is 5.70. The van der Waals surface area contributed by atoms with Crippen LogP contribution in [0.5, 0.6) is 0 Å². The van der Waals surface area contributed by atoms with Crippen LogP contribution in [0.1, 0.15) is 5.56 Å². The van der Waals surface area contributed by atoms with Crippen molar-refractivity contribution >= 4 is 22.5 Å². The van der Waals surface area contributed by atoms with Crippen molar-refractivity contribution < 1.29 is 0 Å². The molecule has 1 heterocycles. The first kappa shape index (κ1) is 7.62. The van der Waals surface area contributed by atoms with Crippen molar-refractivity contribution in [3.8, 4) is 0 Å². The molecule has 0 amide bonds. The van der Waals surface area contributed by atoms with Gasteiger partial charge in [-0.1, -0.05) is 12.1 Å². The molecule has 0 aliphatic rings. The Kier molecular flexibility index (Phi) is 1.77. The summed E-state index contributed by atoms with van der Waals surface area (Å²) in [6, 6.07) is 6.08. The fourth-order valence-corrected chi connectivity index (χ4v) is 1.43. The summed E-state index contributed by atoms with van der Waals surface area (Å²) in [6.07, 6.45) is 1.99. The van der Waals surface area contributed by atoms with Gasteiger partial charge in [-0.25, -0.2) is 0 Å². The molecular formula is C9H9ClN2. The van der Waals surface area contributed by atoms with Crippen LogP contribution in [-0.4, -0.2) is 9.78 Å². The minimum Gasteiger partial charge on any atom is -0.275 e. The lowest BCUT2D eigenvalue weighted by atomic mass is 10.2. The molecule has 1 aromatic heterocycles. The quantitative estimate of drug-likeness (QED) is 0.616. The Morgan fingerprint density at radius 2 is 2.33 bits per heavy atom. The van der Waals surface area contributed by atoms with Crippen LogP contribution in [-0.2, 0) is 12.9 Å². The first-order chi connectivity index (χ1) is 5.79. The van der Waals surface area contributed by atoms with E-state index in [0.717, 1.165) is 16.5 Å². The molecule has 0 bridgehead atoms. The van der Waals surface area contributed by atoms with E-state index in [0.29, 0.717) is 5.88 Å². The molecule has 3 heteroatoms. The molecule has 2 rings (SSSR count). The highest BCUT2D eigenvalue weighted by Crippen LogP contribution is 2.14. The first-order valence-corrected chi connectivity index (χ1v) is 4.31. The number of halogens is 1. The molecule has 0 N–H and O–H groups in total. The minimum atomic E-state index is 0.548. The second kappa shape index (κ2) is 2.79. The van der Waals surface area contributed by atoms with Crippen molar-refractivity contribution in [2.24, 2.45) is 7.05 Å². The third-order valence-electron chi connectivity index (χ3n) is 1.84. The topological polar surface area (TPSA) is 17.8 Å². The largest absolute Gasteiger partial charge is 0.275 e. The maximum absolute atomic E-state index is 5.70. The van der Waals surface area contributed by atoms with E-state index in [1.165, 1.54) is 0 Å². The van der Waals surface area contributed by atoms with Gasteiger partial charge in [-0.05, 0) is 11.6 Å². The summed E-state index contributed by atoms with van der Waals surface area (Å²) in [6.45, 7) is 0. The lowest BCUT2D eigenvalue weighted by Crippen LogP contribution is -1.85. The molecule has 0 saturated heterocycles. The predicted octanol–water partition coefficient (Wildman–Crippen LogP) is 2.31. The molecule has 0 atom stereocenters. The molecule has 0 aliphatic carbocycles. The van der Waals surface area contributed by atoms with Gasteiger partial charge in [0.05, 0.1) is 5.52 Å². The lowest BCUT2D eigenvalue weighted by molar-refractivity contribution is 0.779. The summed E-state index contributed by atoms with van der Waals surface area (Å²) in [5.41, 5.74) is 2.12. The molecule has 0 aliphatic heterocycles. The van der Waals surface area contributed by atoms with Crippen molar-refractivity contribution in [3.63, 3.8) is 0 Å².